The lowest BCUT2D eigenvalue weighted by Gasteiger charge is -2.12. The lowest BCUT2D eigenvalue weighted by molar-refractivity contribution is 0.0602. The maximum absolute atomic E-state index is 12.4. The van der Waals surface area contributed by atoms with E-state index >= 15 is 0 Å². The van der Waals surface area contributed by atoms with Crippen molar-refractivity contribution in [2.24, 2.45) is 0 Å². The monoisotopic (exact) mass is 339 g/mol. The van der Waals surface area contributed by atoms with Crippen LogP contribution in [-0.2, 0) is 14.8 Å². The Balaban J connectivity index is 2.45. The average Bonchev–Trinajstić information content (AvgIpc) is 2.46. The van der Waals surface area contributed by atoms with E-state index in [2.05, 4.69) is 9.46 Å². The predicted molar refractivity (Wildman–Crippen MR) is 84.8 cm³/mol. The first-order valence-corrected chi connectivity index (χ1v) is 8.17. The van der Waals surface area contributed by atoms with Gasteiger partial charge >= 0.3 is 5.97 Å². The van der Waals surface area contributed by atoms with Crippen LogP contribution in [0, 0.1) is 6.92 Å². The number of hydrogen-bond acceptors (Lipinski definition) is 4. The molecule has 5 nitrogen and oxygen atoms in total. The first-order valence-electron chi connectivity index (χ1n) is 6.31. The number of benzene rings is 2. The van der Waals surface area contributed by atoms with Crippen molar-refractivity contribution < 1.29 is 17.9 Å². The lowest BCUT2D eigenvalue weighted by Crippen LogP contribution is -2.16. The van der Waals surface area contributed by atoms with Crippen LogP contribution in [0.5, 0.6) is 0 Å². The molecule has 0 fully saturated rings. The molecular weight excluding hydrogens is 326 g/mol. The fourth-order valence-corrected chi connectivity index (χ4v) is 3.22. The van der Waals surface area contributed by atoms with E-state index in [4.69, 9.17) is 11.6 Å². The summed E-state index contributed by atoms with van der Waals surface area (Å²) in [6.45, 7) is 1.79. The van der Waals surface area contributed by atoms with Crippen molar-refractivity contribution in [1.29, 1.82) is 0 Å². The van der Waals surface area contributed by atoms with E-state index < -0.39 is 16.0 Å². The smallest absolute Gasteiger partial charge is 0.339 e. The van der Waals surface area contributed by atoms with Gasteiger partial charge in [-0.2, -0.15) is 0 Å². The van der Waals surface area contributed by atoms with Crippen LogP contribution in [0.25, 0.3) is 0 Å². The standard InChI is InChI=1S/C15H14ClNO4S/c1-10-4-3-5-12(8-10)22(19,20)17-14-9-11(16)6-7-13(14)15(18)21-2/h3-9,17H,1-2H3. The van der Waals surface area contributed by atoms with E-state index in [1.165, 1.54) is 37.4 Å². The number of halogens is 1. The lowest BCUT2D eigenvalue weighted by atomic mass is 10.2. The first-order chi connectivity index (χ1) is 10.3. The third-order valence-electron chi connectivity index (χ3n) is 2.93. The number of anilines is 1. The van der Waals surface area contributed by atoms with Crippen molar-refractivity contribution >= 4 is 33.3 Å². The molecule has 2 aromatic rings. The molecule has 0 atom stereocenters. The number of carbonyl (C=O) groups is 1. The van der Waals surface area contributed by atoms with Crippen LogP contribution in [-0.4, -0.2) is 21.5 Å². The highest BCUT2D eigenvalue weighted by Gasteiger charge is 2.19. The fraction of sp³-hybridized carbons (Fsp3) is 0.133. The number of sulfonamides is 1. The highest BCUT2D eigenvalue weighted by Crippen LogP contribution is 2.25. The third kappa shape index (κ3) is 3.58. The van der Waals surface area contributed by atoms with E-state index in [-0.39, 0.29) is 16.1 Å². The van der Waals surface area contributed by atoms with Crippen LogP contribution >= 0.6 is 11.6 Å². The van der Waals surface area contributed by atoms with E-state index in [9.17, 15) is 13.2 Å². The Labute approximate surface area is 133 Å². The largest absolute Gasteiger partial charge is 0.465 e. The Morgan fingerprint density at radius 2 is 1.91 bits per heavy atom. The van der Waals surface area contributed by atoms with Crippen molar-refractivity contribution in [3.8, 4) is 0 Å². The molecule has 116 valence electrons. The molecule has 7 heteroatoms. The van der Waals surface area contributed by atoms with Crippen LogP contribution in [0.1, 0.15) is 15.9 Å². The van der Waals surface area contributed by atoms with Crippen LogP contribution in [0.4, 0.5) is 5.69 Å². The zero-order chi connectivity index (χ0) is 16.3. The number of methoxy groups -OCH3 is 1. The Bertz CT molecular complexity index is 818. The van der Waals surface area contributed by atoms with Gasteiger partial charge in [-0.3, -0.25) is 4.72 Å². The molecule has 0 saturated carbocycles. The molecular formula is C15H14ClNO4S. The minimum Gasteiger partial charge on any atom is -0.465 e. The quantitative estimate of drug-likeness (QED) is 0.868. The molecule has 0 saturated heterocycles. The van der Waals surface area contributed by atoms with Gasteiger partial charge in [-0.15, -0.1) is 0 Å². The summed E-state index contributed by atoms with van der Waals surface area (Å²) in [5.41, 5.74) is 0.964. The van der Waals surface area contributed by atoms with Crippen molar-refractivity contribution in [2.75, 3.05) is 11.8 Å². The van der Waals surface area contributed by atoms with E-state index in [0.717, 1.165) is 5.56 Å². The molecule has 0 bridgehead atoms. The summed E-state index contributed by atoms with van der Waals surface area (Å²) < 4.78 is 31.9. The molecule has 0 spiro atoms. The summed E-state index contributed by atoms with van der Waals surface area (Å²) in [5.74, 6) is -0.654. The highest BCUT2D eigenvalue weighted by atomic mass is 35.5. The average molecular weight is 340 g/mol. The molecule has 0 amide bonds. The number of hydrogen-bond donors (Lipinski definition) is 1. The Hall–Kier alpha value is -2.05. The zero-order valence-electron chi connectivity index (χ0n) is 12.0. The molecule has 0 aromatic heterocycles. The van der Waals surface area contributed by atoms with Gasteiger partial charge in [-0.1, -0.05) is 23.7 Å². The number of esters is 1. The van der Waals surface area contributed by atoms with Gasteiger partial charge in [-0.05, 0) is 42.8 Å². The van der Waals surface area contributed by atoms with Gasteiger partial charge in [0.2, 0.25) is 0 Å². The molecule has 0 aliphatic carbocycles. The number of aryl methyl sites for hydroxylation is 1. The molecule has 2 rings (SSSR count). The van der Waals surface area contributed by atoms with Gasteiger partial charge in [0.15, 0.2) is 0 Å². The second-order valence-corrected chi connectivity index (χ2v) is 6.72. The van der Waals surface area contributed by atoms with Gasteiger partial charge in [-0.25, -0.2) is 13.2 Å². The molecule has 1 N–H and O–H groups in total. The van der Waals surface area contributed by atoms with Gasteiger partial charge in [0.25, 0.3) is 10.0 Å². The Morgan fingerprint density at radius 1 is 1.18 bits per heavy atom. The van der Waals surface area contributed by atoms with E-state index in [0.29, 0.717) is 5.02 Å². The minimum absolute atomic E-state index is 0.0702. The number of rotatable bonds is 4. The Morgan fingerprint density at radius 3 is 2.55 bits per heavy atom. The van der Waals surface area contributed by atoms with Gasteiger partial charge < -0.3 is 4.74 Å². The fourth-order valence-electron chi connectivity index (χ4n) is 1.88. The number of ether oxygens (including phenoxy) is 1. The Kier molecular flexibility index (Phi) is 4.73. The topological polar surface area (TPSA) is 72.5 Å². The maximum atomic E-state index is 12.4. The minimum atomic E-state index is -3.83. The van der Waals surface area contributed by atoms with E-state index in [1.807, 2.05) is 0 Å². The second-order valence-electron chi connectivity index (χ2n) is 4.60. The van der Waals surface area contributed by atoms with Crippen molar-refractivity contribution in [3.05, 3.63) is 58.6 Å². The highest BCUT2D eigenvalue weighted by molar-refractivity contribution is 7.92. The van der Waals surface area contributed by atoms with Crippen LogP contribution < -0.4 is 4.72 Å². The zero-order valence-corrected chi connectivity index (χ0v) is 13.5. The van der Waals surface area contributed by atoms with Gasteiger partial charge in [0.1, 0.15) is 0 Å². The number of nitrogens with one attached hydrogen (secondary N) is 1. The van der Waals surface area contributed by atoms with Crippen molar-refractivity contribution in [2.45, 2.75) is 11.8 Å². The predicted octanol–water partition coefficient (Wildman–Crippen LogP) is 3.24. The summed E-state index contributed by atoms with van der Waals surface area (Å²) in [7, 11) is -2.62. The second kappa shape index (κ2) is 6.37. The summed E-state index contributed by atoms with van der Waals surface area (Å²) in [6, 6.07) is 10.7. The van der Waals surface area contributed by atoms with Crippen LogP contribution in [0.2, 0.25) is 5.02 Å². The molecule has 22 heavy (non-hydrogen) atoms. The SMILES string of the molecule is COC(=O)c1ccc(Cl)cc1NS(=O)(=O)c1cccc(C)c1. The van der Waals surface area contributed by atoms with Crippen molar-refractivity contribution in [3.63, 3.8) is 0 Å². The van der Waals surface area contributed by atoms with E-state index in [1.54, 1.807) is 19.1 Å². The summed E-state index contributed by atoms with van der Waals surface area (Å²) in [5, 5.41) is 0.301. The molecule has 0 unspecified atom stereocenters. The molecule has 0 aliphatic rings. The normalized spacial score (nSPS) is 11.0. The first kappa shape index (κ1) is 16.3. The van der Waals surface area contributed by atoms with Gasteiger partial charge in [0.05, 0.1) is 23.3 Å². The molecule has 2 aromatic carbocycles. The van der Waals surface area contributed by atoms with Crippen LogP contribution in [0.3, 0.4) is 0 Å². The molecule has 0 aliphatic heterocycles. The summed E-state index contributed by atoms with van der Waals surface area (Å²) in [4.78, 5) is 11.8. The molecule has 0 heterocycles. The van der Waals surface area contributed by atoms with Gasteiger partial charge in [0, 0.05) is 5.02 Å². The van der Waals surface area contributed by atoms with Crippen molar-refractivity contribution in [1.82, 2.24) is 0 Å². The number of carbonyl (C=O) groups excluding carboxylic acids is 1. The van der Waals surface area contributed by atoms with Crippen LogP contribution in [0.15, 0.2) is 47.4 Å². The third-order valence-corrected chi connectivity index (χ3v) is 4.53. The summed E-state index contributed by atoms with van der Waals surface area (Å²) >= 11 is 5.88. The maximum Gasteiger partial charge on any atom is 0.339 e. The molecule has 0 radical (unpaired) electrons. The summed E-state index contributed by atoms with van der Waals surface area (Å²) in [6.07, 6.45) is 0.